The topological polar surface area (TPSA) is 130 Å². The molecule has 1 amide bonds. The Kier molecular flexibility index (Phi) is 7.31. The Hall–Kier alpha value is -3.60. The lowest BCUT2D eigenvalue weighted by Crippen LogP contribution is -2.32. The van der Waals surface area contributed by atoms with Crippen molar-refractivity contribution in [2.24, 2.45) is 0 Å². The number of hydrogen-bond donors (Lipinski definition) is 3. The van der Waals surface area contributed by atoms with Crippen molar-refractivity contribution in [3.05, 3.63) is 47.4 Å². The van der Waals surface area contributed by atoms with E-state index in [4.69, 9.17) is 14.3 Å². The SMILES string of the molecule is CC[C@@H](Nc1nsnc1Nc1cccc(C(=O)N(C)CC(=O)O)c1OC)c1ccc(C)o1. The van der Waals surface area contributed by atoms with E-state index in [1.807, 2.05) is 26.0 Å². The third-order valence-corrected chi connectivity index (χ3v) is 5.26. The summed E-state index contributed by atoms with van der Waals surface area (Å²) in [4.78, 5) is 24.8. The Morgan fingerprint density at radius 1 is 1.25 bits per heavy atom. The quantitative estimate of drug-likeness (QED) is 0.413. The maximum Gasteiger partial charge on any atom is 0.323 e. The highest BCUT2D eigenvalue weighted by Gasteiger charge is 2.22. The number of likely N-dealkylation sites (N-methyl/N-ethyl adjacent to an activating group) is 1. The highest BCUT2D eigenvalue weighted by molar-refractivity contribution is 6.99. The molecule has 3 rings (SSSR count). The van der Waals surface area contributed by atoms with Crippen LogP contribution in [0.1, 0.15) is 41.3 Å². The molecule has 0 aliphatic carbocycles. The molecule has 11 heteroatoms. The van der Waals surface area contributed by atoms with E-state index in [0.29, 0.717) is 17.3 Å². The van der Waals surface area contributed by atoms with E-state index in [2.05, 4.69) is 19.4 Å². The molecule has 2 heterocycles. The Morgan fingerprint density at radius 3 is 2.62 bits per heavy atom. The van der Waals surface area contributed by atoms with Crippen LogP contribution < -0.4 is 15.4 Å². The first-order valence-electron chi connectivity index (χ1n) is 9.90. The van der Waals surface area contributed by atoms with Crippen molar-refractivity contribution in [1.29, 1.82) is 0 Å². The molecule has 0 aliphatic rings. The zero-order valence-electron chi connectivity index (χ0n) is 18.2. The normalized spacial score (nSPS) is 11.6. The summed E-state index contributed by atoms with van der Waals surface area (Å²) in [7, 11) is 2.86. The van der Waals surface area contributed by atoms with Gasteiger partial charge in [0.15, 0.2) is 17.4 Å². The van der Waals surface area contributed by atoms with E-state index in [9.17, 15) is 9.59 Å². The first-order chi connectivity index (χ1) is 15.3. The zero-order valence-corrected chi connectivity index (χ0v) is 19.0. The lowest BCUT2D eigenvalue weighted by atomic mass is 10.1. The molecule has 170 valence electrons. The fourth-order valence-corrected chi connectivity index (χ4v) is 3.65. The minimum atomic E-state index is -1.10. The number of hydrogen-bond acceptors (Lipinski definition) is 9. The second-order valence-corrected chi connectivity index (χ2v) is 7.61. The van der Waals surface area contributed by atoms with Gasteiger partial charge in [-0.2, -0.15) is 8.75 Å². The molecule has 1 aromatic carbocycles. The number of para-hydroxylation sites is 1. The second-order valence-electron chi connectivity index (χ2n) is 7.08. The monoisotopic (exact) mass is 459 g/mol. The van der Waals surface area contributed by atoms with Crippen molar-refractivity contribution >= 4 is 40.9 Å². The molecule has 0 radical (unpaired) electrons. The molecular weight excluding hydrogens is 434 g/mol. The van der Waals surface area contributed by atoms with Crippen LogP contribution in [0.25, 0.3) is 0 Å². The van der Waals surface area contributed by atoms with E-state index < -0.39 is 18.4 Å². The highest BCUT2D eigenvalue weighted by atomic mass is 32.1. The number of carbonyl (C=O) groups is 2. The first kappa shape index (κ1) is 23.1. The van der Waals surface area contributed by atoms with Crippen LogP contribution in [0.5, 0.6) is 5.75 Å². The number of carboxylic acids is 1. The van der Waals surface area contributed by atoms with E-state index >= 15 is 0 Å². The van der Waals surface area contributed by atoms with Crippen molar-refractivity contribution in [1.82, 2.24) is 13.6 Å². The summed E-state index contributed by atoms with van der Waals surface area (Å²) in [6, 6.07) is 8.74. The number of rotatable bonds is 10. The average molecular weight is 460 g/mol. The molecule has 0 saturated heterocycles. The molecule has 3 aromatic rings. The summed E-state index contributed by atoms with van der Waals surface area (Å²) in [6.07, 6.45) is 0.771. The molecule has 0 fully saturated rings. The number of benzene rings is 1. The number of ether oxygens (including phenoxy) is 1. The van der Waals surface area contributed by atoms with Crippen LogP contribution >= 0.6 is 11.7 Å². The number of nitrogens with zero attached hydrogens (tertiary/aromatic N) is 3. The summed E-state index contributed by atoms with van der Waals surface area (Å²) < 4.78 is 19.9. The molecule has 2 aromatic heterocycles. The molecule has 3 N–H and O–H groups in total. The zero-order chi connectivity index (χ0) is 23.3. The number of nitrogens with one attached hydrogen (secondary N) is 2. The van der Waals surface area contributed by atoms with Crippen molar-refractivity contribution in [3.63, 3.8) is 0 Å². The smallest absolute Gasteiger partial charge is 0.323 e. The molecular formula is C21H25N5O5S. The van der Waals surface area contributed by atoms with E-state index in [1.54, 1.807) is 18.2 Å². The Bertz CT molecular complexity index is 1100. The number of aromatic nitrogens is 2. The van der Waals surface area contributed by atoms with Crippen molar-refractivity contribution in [3.8, 4) is 5.75 Å². The number of amides is 1. The van der Waals surface area contributed by atoms with Gasteiger partial charge in [-0.05, 0) is 37.6 Å². The maximum atomic E-state index is 12.7. The lowest BCUT2D eigenvalue weighted by Gasteiger charge is -2.19. The molecule has 0 bridgehead atoms. The fourth-order valence-electron chi connectivity index (χ4n) is 3.18. The Labute approximate surface area is 189 Å². The number of furan rings is 1. The van der Waals surface area contributed by atoms with Gasteiger partial charge in [-0.3, -0.25) is 9.59 Å². The average Bonchev–Trinajstić information content (AvgIpc) is 3.39. The number of anilines is 3. The first-order valence-corrected chi connectivity index (χ1v) is 10.6. The van der Waals surface area contributed by atoms with Gasteiger partial charge in [0, 0.05) is 7.05 Å². The minimum Gasteiger partial charge on any atom is -0.494 e. The van der Waals surface area contributed by atoms with Crippen molar-refractivity contribution in [2.45, 2.75) is 26.3 Å². The third-order valence-electron chi connectivity index (χ3n) is 4.73. The van der Waals surface area contributed by atoms with Crippen molar-refractivity contribution in [2.75, 3.05) is 31.3 Å². The van der Waals surface area contributed by atoms with Gasteiger partial charge < -0.3 is 29.8 Å². The summed E-state index contributed by atoms with van der Waals surface area (Å²) in [5.41, 5.74) is 0.733. The van der Waals surface area contributed by atoms with Gasteiger partial charge in [0.05, 0.1) is 36.1 Å². The van der Waals surface area contributed by atoms with Crippen LogP contribution in [0, 0.1) is 6.92 Å². The van der Waals surface area contributed by atoms with Gasteiger partial charge in [-0.1, -0.05) is 13.0 Å². The minimum absolute atomic E-state index is 0.0902. The molecule has 32 heavy (non-hydrogen) atoms. The largest absolute Gasteiger partial charge is 0.494 e. The summed E-state index contributed by atoms with van der Waals surface area (Å²) in [5.74, 6) is 1.35. The molecule has 0 spiro atoms. The van der Waals surface area contributed by atoms with E-state index in [1.165, 1.54) is 14.2 Å². The van der Waals surface area contributed by atoms with Crippen LogP contribution in [0.15, 0.2) is 34.7 Å². The summed E-state index contributed by atoms with van der Waals surface area (Å²) in [5, 5.41) is 15.5. The van der Waals surface area contributed by atoms with Gasteiger partial charge in [-0.15, -0.1) is 0 Å². The number of aryl methyl sites for hydroxylation is 1. The van der Waals surface area contributed by atoms with Crippen LogP contribution in [-0.4, -0.2) is 51.3 Å². The number of carboxylic acid groups (broad SMARTS) is 1. The number of aliphatic carboxylic acids is 1. The molecule has 1 atom stereocenters. The van der Waals surface area contributed by atoms with Crippen LogP contribution in [0.4, 0.5) is 17.3 Å². The van der Waals surface area contributed by atoms with Crippen LogP contribution in [0.3, 0.4) is 0 Å². The molecule has 10 nitrogen and oxygen atoms in total. The van der Waals surface area contributed by atoms with Gasteiger partial charge in [-0.25, -0.2) is 0 Å². The number of methoxy groups -OCH3 is 1. The second kappa shape index (κ2) is 10.1. The van der Waals surface area contributed by atoms with Crippen molar-refractivity contribution < 1.29 is 23.8 Å². The molecule has 0 aliphatic heterocycles. The van der Waals surface area contributed by atoms with E-state index in [-0.39, 0.29) is 17.4 Å². The highest BCUT2D eigenvalue weighted by Crippen LogP contribution is 2.35. The lowest BCUT2D eigenvalue weighted by molar-refractivity contribution is -0.137. The van der Waals surface area contributed by atoms with Crippen LogP contribution in [0.2, 0.25) is 0 Å². The summed E-state index contributed by atoms with van der Waals surface area (Å²) >= 11 is 1.04. The predicted octanol–water partition coefficient (Wildman–Crippen LogP) is 3.91. The van der Waals surface area contributed by atoms with Gasteiger partial charge >= 0.3 is 5.97 Å². The van der Waals surface area contributed by atoms with Gasteiger partial charge in [0.25, 0.3) is 5.91 Å². The number of carbonyl (C=O) groups excluding carboxylic acids is 1. The Balaban J connectivity index is 1.85. The van der Waals surface area contributed by atoms with Gasteiger partial charge in [0.1, 0.15) is 18.1 Å². The Morgan fingerprint density at radius 2 is 2.00 bits per heavy atom. The maximum absolute atomic E-state index is 12.7. The van der Waals surface area contributed by atoms with E-state index in [0.717, 1.165) is 34.6 Å². The standard InChI is InChI=1S/C21H25N5O5S/c1-5-14(16-10-9-12(2)31-16)22-19-20(25-32-24-19)23-15-8-6-7-13(18(15)30-4)21(29)26(3)11-17(27)28/h6-10,14H,5,11H2,1-4H3,(H,22,24)(H,23,25)(H,27,28)/t14-/m1/s1. The van der Waals surface area contributed by atoms with Gasteiger partial charge in [0.2, 0.25) is 0 Å². The molecule has 0 unspecified atom stereocenters. The third kappa shape index (κ3) is 5.17. The summed E-state index contributed by atoms with van der Waals surface area (Å²) in [6.45, 7) is 3.50. The predicted molar refractivity (Wildman–Crippen MR) is 121 cm³/mol. The molecule has 0 saturated carbocycles. The fraction of sp³-hybridized carbons (Fsp3) is 0.333. The van der Waals surface area contributed by atoms with Crippen LogP contribution in [-0.2, 0) is 4.79 Å².